The first kappa shape index (κ1) is 18.3. The van der Waals surface area contributed by atoms with Crippen molar-refractivity contribution in [2.75, 3.05) is 18.4 Å². The van der Waals surface area contributed by atoms with Gasteiger partial charge >= 0.3 is 0 Å². The molecule has 1 amide bonds. The van der Waals surface area contributed by atoms with Gasteiger partial charge in [0, 0.05) is 36.1 Å². The van der Waals surface area contributed by atoms with Gasteiger partial charge in [0.05, 0.1) is 11.3 Å². The Balaban J connectivity index is 1.80. The molecule has 0 spiro atoms. The summed E-state index contributed by atoms with van der Waals surface area (Å²) in [7, 11) is 0. The molecule has 144 valence electrons. The molecule has 1 aliphatic rings. The van der Waals surface area contributed by atoms with E-state index in [0.717, 1.165) is 37.0 Å². The Morgan fingerprint density at radius 3 is 2.93 bits per heavy atom. The van der Waals surface area contributed by atoms with E-state index in [1.807, 2.05) is 24.0 Å². The Kier molecular flexibility index (Phi) is 4.94. The highest BCUT2D eigenvalue weighted by Gasteiger charge is 2.25. The number of aromatic nitrogens is 2. The fourth-order valence-electron chi connectivity index (χ4n) is 3.72. The highest BCUT2D eigenvalue weighted by atomic mass is 19.1. The third-order valence-corrected chi connectivity index (χ3v) is 5.14. The zero-order valence-corrected chi connectivity index (χ0v) is 16.1. The second-order valence-corrected chi connectivity index (χ2v) is 7.50. The number of hydrogen-bond acceptors (Lipinski definition) is 4. The van der Waals surface area contributed by atoms with Gasteiger partial charge in [-0.3, -0.25) is 4.79 Å². The number of piperidine rings is 1. The fourth-order valence-corrected chi connectivity index (χ4v) is 3.72. The van der Waals surface area contributed by atoms with Gasteiger partial charge in [-0.25, -0.2) is 14.4 Å². The number of halogens is 1. The van der Waals surface area contributed by atoms with Gasteiger partial charge in [0.2, 0.25) is 0 Å². The van der Waals surface area contributed by atoms with Gasteiger partial charge in [0.15, 0.2) is 5.65 Å². The minimum atomic E-state index is -0.338. The molecule has 6 heteroatoms. The molecule has 0 saturated carbocycles. The van der Waals surface area contributed by atoms with Crippen molar-refractivity contribution >= 4 is 28.3 Å². The van der Waals surface area contributed by atoms with E-state index in [1.54, 1.807) is 18.3 Å². The molecule has 4 rings (SSSR count). The van der Waals surface area contributed by atoms with E-state index >= 15 is 0 Å². The van der Waals surface area contributed by atoms with Crippen molar-refractivity contribution in [3.05, 3.63) is 59.7 Å². The number of nitrogens with zero attached hydrogens (tertiary/aromatic N) is 3. The third-order valence-electron chi connectivity index (χ3n) is 5.14. The summed E-state index contributed by atoms with van der Waals surface area (Å²) in [6.45, 7) is 5.54. The quantitative estimate of drug-likeness (QED) is 0.718. The van der Waals surface area contributed by atoms with E-state index in [1.165, 1.54) is 12.1 Å². The van der Waals surface area contributed by atoms with Crippen LogP contribution in [0.15, 0.2) is 42.6 Å². The molecular weight excluding hydrogens is 355 g/mol. The minimum Gasteiger partial charge on any atom is -0.354 e. The van der Waals surface area contributed by atoms with Crippen LogP contribution in [0.3, 0.4) is 0 Å². The number of likely N-dealkylation sites (tertiary alicyclic amines) is 1. The van der Waals surface area contributed by atoms with Crippen LogP contribution in [0.1, 0.15) is 35.8 Å². The van der Waals surface area contributed by atoms with Crippen LogP contribution in [0, 0.1) is 18.7 Å². The van der Waals surface area contributed by atoms with Crippen LogP contribution in [0.25, 0.3) is 11.0 Å². The van der Waals surface area contributed by atoms with Crippen LogP contribution in [0.5, 0.6) is 0 Å². The highest BCUT2D eigenvalue weighted by Crippen LogP contribution is 2.30. The summed E-state index contributed by atoms with van der Waals surface area (Å²) in [5.74, 6) is 0.0885. The molecule has 3 aromatic rings. The number of fused-ring (bicyclic) bond motifs is 1. The van der Waals surface area contributed by atoms with Gasteiger partial charge in [-0.2, -0.15) is 0 Å². The van der Waals surface area contributed by atoms with E-state index in [4.69, 9.17) is 0 Å². The number of benzene rings is 1. The number of rotatable bonds is 3. The first-order valence-electron chi connectivity index (χ1n) is 9.59. The topological polar surface area (TPSA) is 58.1 Å². The van der Waals surface area contributed by atoms with Crippen LogP contribution in [-0.2, 0) is 0 Å². The van der Waals surface area contributed by atoms with Gasteiger partial charge in [0.1, 0.15) is 5.82 Å². The van der Waals surface area contributed by atoms with Crippen molar-refractivity contribution in [1.82, 2.24) is 14.9 Å². The maximum atomic E-state index is 13.7. The smallest absolute Gasteiger partial charge is 0.257 e. The Morgan fingerprint density at radius 2 is 2.14 bits per heavy atom. The molecule has 0 aliphatic carbocycles. The average molecular weight is 378 g/mol. The second-order valence-electron chi connectivity index (χ2n) is 7.50. The highest BCUT2D eigenvalue weighted by molar-refractivity contribution is 6.07. The summed E-state index contributed by atoms with van der Waals surface area (Å²) in [6, 6.07) is 10.00. The van der Waals surface area contributed by atoms with Gasteiger partial charge in [-0.15, -0.1) is 0 Å². The van der Waals surface area contributed by atoms with Crippen LogP contribution >= 0.6 is 0 Å². The third kappa shape index (κ3) is 3.67. The minimum absolute atomic E-state index is 0.0552. The standard InChI is InChI=1S/C22H23FN4O/c1-14-5-4-10-27(13-14)22(28)19-12-24-21-18(9-8-15(2)25-21)20(19)26-17-7-3-6-16(23)11-17/h3,6-9,11-12,14H,4-5,10,13H2,1-2H3,(H,24,25,26)/t14-/m1/s1. The molecule has 1 fully saturated rings. The van der Waals surface area contributed by atoms with Crippen molar-refractivity contribution in [2.45, 2.75) is 26.7 Å². The molecule has 0 bridgehead atoms. The zero-order valence-electron chi connectivity index (χ0n) is 16.1. The fraction of sp³-hybridized carbons (Fsp3) is 0.318. The summed E-state index contributed by atoms with van der Waals surface area (Å²) < 4.78 is 13.7. The van der Waals surface area contributed by atoms with Crippen molar-refractivity contribution in [2.24, 2.45) is 5.92 Å². The predicted octanol–water partition coefficient (Wildman–Crippen LogP) is 4.69. The molecule has 0 radical (unpaired) electrons. The lowest BCUT2D eigenvalue weighted by molar-refractivity contribution is 0.0684. The van der Waals surface area contributed by atoms with Crippen LogP contribution in [0.2, 0.25) is 0 Å². The lowest BCUT2D eigenvalue weighted by Gasteiger charge is -2.31. The van der Waals surface area contributed by atoms with Crippen LogP contribution in [0.4, 0.5) is 15.8 Å². The molecule has 1 N–H and O–H groups in total. The number of carbonyl (C=O) groups excluding carboxylic acids is 1. The average Bonchev–Trinajstić information content (AvgIpc) is 2.67. The number of pyridine rings is 2. The molecule has 1 atom stereocenters. The number of amides is 1. The summed E-state index contributed by atoms with van der Waals surface area (Å²) in [6.07, 6.45) is 3.72. The lowest BCUT2D eigenvalue weighted by atomic mass is 9.99. The van der Waals surface area contributed by atoms with Gasteiger partial charge in [-0.1, -0.05) is 13.0 Å². The van der Waals surface area contributed by atoms with E-state index in [-0.39, 0.29) is 11.7 Å². The van der Waals surface area contributed by atoms with Crippen molar-refractivity contribution in [3.8, 4) is 0 Å². The van der Waals surface area contributed by atoms with Crippen molar-refractivity contribution in [3.63, 3.8) is 0 Å². The first-order valence-corrected chi connectivity index (χ1v) is 9.59. The number of carbonyl (C=O) groups is 1. The normalized spacial score (nSPS) is 17.0. The maximum Gasteiger partial charge on any atom is 0.257 e. The van der Waals surface area contributed by atoms with Crippen LogP contribution < -0.4 is 5.32 Å². The summed E-state index contributed by atoms with van der Waals surface area (Å²) >= 11 is 0. The van der Waals surface area contributed by atoms with E-state index in [0.29, 0.717) is 28.5 Å². The SMILES string of the molecule is Cc1ccc2c(Nc3cccc(F)c3)c(C(=O)N3CCC[C@@H](C)C3)cnc2n1. The monoisotopic (exact) mass is 378 g/mol. The van der Waals surface area contributed by atoms with Crippen molar-refractivity contribution < 1.29 is 9.18 Å². The second kappa shape index (κ2) is 7.54. The maximum absolute atomic E-state index is 13.7. The number of anilines is 2. The number of aryl methyl sites for hydroxylation is 1. The molecule has 1 saturated heterocycles. The summed E-state index contributed by atoms with van der Waals surface area (Å²) in [5, 5.41) is 3.98. The Labute approximate surface area is 163 Å². The van der Waals surface area contributed by atoms with Crippen molar-refractivity contribution in [1.29, 1.82) is 0 Å². The Morgan fingerprint density at radius 1 is 1.29 bits per heavy atom. The summed E-state index contributed by atoms with van der Waals surface area (Å²) in [4.78, 5) is 24.1. The predicted molar refractivity (Wildman–Crippen MR) is 108 cm³/mol. The van der Waals surface area contributed by atoms with E-state index in [2.05, 4.69) is 22.2 Å². The molecule has 2 aromatic heterocycles. The molecular formula is C22H23FN4O. The number of nitrogens with one attached hydrogen (secondary N) is 1. The molecule has 5 nitrogen and oxygen atoms in total. The lowest BCUT2D eigenvalue weighted by Crippen LogP contribution is -2.39. The van der Waals surface area contributed by atoms with Gasteiger partial charge < -0.3 is 10.2 Å². The van der Waals surface area contributed by atoms with E-state index in [9.17, 15) is 9.18 Å². The Hall–Kier alpha value is -3.02. The number of hydrogen-bond donors (Lipinski definition) is 1. The molecule has 28 heavy (non-hydrogen) atoms. The molecule has 3 heterocycles. The molecule has 0 unspecified atom stereocenters. The summed E-state index contributed by atoms with van der Waals surface area (Å²) in [5.41, 5.74) is 3.08. The van der Waals surface area contributed by atoms with Gasteiger partial charge in [-0.05, 0) is 56.0 Å². The molecule has 1 aliphatic heterocycles. The zero-order chi connectivity index (χ0) is 19.7. The molecule has 1 aromatic carbocycles. The van der Waals surface area contributed by atoms with Crippen LogP contribution in [-0.4, -0.2) is 33.9 Å². The van der Waals surface area contributed by atoms with Gasteiger partial charge in [0.25, 0.3) is 5.91 Å². The largest absolute Gasteiger partial charge is 0.354 e. The Bertz CT molecular complexity index is 1040. The van der Waals surface area contributed by atoms with E-state index < -0.39 is 0 Å². The first-order chi connectivity index (χ1) is 13.5.